The maximum Gasteiger partial charge on any atom is 0.233 e. The second-order valence-corrected chi connectivity index (χ2v) is 7.71. The Morgan fingerprint density at radius 2 is 2.15 bits per heavy atom. The minimum absolute atomic E-state index is 0. The van der Waals surface area contributed by atoms with E-state index in [2.05, 4.69) is 34.6 Å². The third-order valence-corrected chi connectivity index (χ3v) is 6.04. The van der Waals surface area contributed by atoms with Gasteiger partial charge in [0.25, 0.3) is 0 Å². The number of halogens is 1. The average molecular weight is 390 g/mol. The maximum absolute atomic E-state index is 12.8. The van der Waals surface area contributed by atoms with Gasteiger partial charge in [0.15, 0.2) is 0 Å². The molecule has 0 saturated carbocycles. The van der Waals surface area contributed by atoms with E-state index in [4.69, 9.17) is 0 Å². The topological polar surface area (TPSA) is 45.2 Å². The smallest absolute Gasteiger partial charge is 0.233 e. The number of pyridine rings is 1. The van der Waals surface area contributed by atoms with Gasteiger partial charge in [-0.05, 0) is 54.2 Å². The molecule has 138 valence electrons. The number of hydrogen-bond donors (Lipinski definition) is 1. The van der Waals surface area contributed by atoms with Crippen molar-refractivity contribution in [2.75, 3.05) is 25.4 Å². The molecule has 1 N–H and O–H groups in total. The highest BCUT2D eigenvalue weighted by Crippen LogP contribution is 2.29. The summed E-state index contributed by atoms with van der Waals surface area (Å²) >= 11 is 1.66. The molecule has 2 aromatic rings. The number of aryl methyl sites for hydroxylation is 2. The summed E-state index contributed by atoms with van der Waals surface area (Å²) in [6.45, 7) is 2.40. The van der Waals surface area contributed by atoms with Gasteiger partial charge in [-0.2, -0.15) is 0 Å². The van der Waals surface area contributed by atoms with Crippen molar-refractivity contribution in [3.63, 3.8) is 0 Å². The molecule has 1 atom stereocenters. The molecule has 1 aromatic carbocycles. The van der Waals surface area contributed by atoms with E-state index >= 15 is 0 Å². The fraction of sp³-hybridized carbons (Fsp3) is 0.400. The summed E-state index contributed by atoms with van der Waals surface area (Å²) in [5.41, 5.74) is 4.05. The van der Waals surface area contributed by atoms with Gasteiger partial charge in [-0.1, -0.05) is 12.1 Å². The molecular weight excluding hydrogens is 366 g/mol. The van der Waals surface area contributed by atoms with Gasteiger partial charge in [0.1, 0.15) is 0 Å². The van der Waals surface area contributed by atoms with Crippen LogP contribution in [-0.2, 0) is 17.6 Å². The number of piperazine rings is 1. The molecule has 1 amide bonds. The average Bonchev–Trinajstić information content (AvgIpc) is 3.14. The number of nitrogens with zero attached hydrogens (tertiary/aromatic N) is 2. The number of carbonyl (C=O) groups is 1. The van der Waals surface area contributed by atoms with Crippen LogP contribution < -0.4 is 5.32 Å². The lowest BCUT2D eigenvalue weighted by atomic mass is 10.1. The van der Waals surface area contributed by atoms with E-state index in [-0.39, 0.29) is 24.4 Å². The van der Waals surface area contributed by atoms with Crippen LogP contribution in [0.5, 0.6) is 0 Å². The van der Waals surface area contributed by atoms with Crippen molar-refractivity contribution in [2.45, 2.75) is 30.2 Å². The van der Waals surface area contributed by atoms with E-state index in [1.807, 2.05) is 17.2 Å². The number of amides is 1. The summed E-state index contributed by atoms with van der Waals surface area (Å²) < 4.78 is 0. The Kier molecular flexibility index (Phi) is 6.57. The summed E-state index contributed by atoms with van der Waals surface area (Å²) in [5, 5.41) is 3.39. The summed E-state index contributed by atoms with van der Waals surface area (Å²) in [6.07, 6.45) is 7.28. The molecule has 1 fully saturated rings. The highest BCUT2D eigenvalue weighted by Gasteiger charge is 2.27. The number of aromatic nitrogens is 1. The van der Waals surface area contributed by atoms with Crippen molar-refractivity contribution >= 4 is 30.1 Å². The lowest BCUT2D eigenvalue weighted by Gasteiger charge is -2.36. The summed E-state index contributed by atoms with van der Waals surface area (Å²) in [7, 11) is 0. The Hall–Kier alpha value is -1.56. The minimum atomic E-state index is 0. The van der Waals surface area contributed by atoms with Gasteiger partial charge in [-0.15, -0.1) is 24.2 Å². The Balaban J connectivity index is 0.00000196. The van der Waals surface area contributed by atoms with E-state index in [0.717, 1.165) is 25.2 Å². The number of fused-ring (bicyclic) bond motifs is 1. The van der Waals surface area contributed by atoms with E-state index < -0.39 is 0 Å². The Morgan fingerprint density at radius 1 is 1.27 bits per heavy atom. The molecule has 4 nitrogen and oxygen atoms in total. The SMILES string of the molecule is Cl.O=C(CSc1ccc2c(c1)CCC2)N1CCNCC1c1cccnc1. The Morgan fingerprint density at radius 3 is 3.00 bits per heavy atom. The summed E-state index contributed by atoms with van der Waals surface area (Å²) in [6, 6.07) is 10.7. The number of carbonyl (C=O) groups excluding carboxylic acids is 1. The molecule has 1 unspecified atom stereocenters. The van der Waals surface area contributed by atoms with Crippen LogP contribution in [0.4, 0.5) is 0 Å². The van der Waals surface area contributed by atoms with Crippen LogP contribution in [0.2, 0.25) is 0 Å². The molecule has 0 spiro atoms. The first-order valence-corrected chi connectivity index (χ1v) is 9.94. The van der Waals surface area contributed by atoms with Gasteiger partial charge < -0.3 is 10.2 Å². The van der Waals surface area contributed by atoms with Crippen LogP contribution in [0.15, 0.2) is 47.6 Å². The van der Waals surface area contributed by atoms with Gasteiger partial charge in [0, 0.05) is 36.9 Å². The molecule has 4 rings (SSSR count). The Labute approximate surface area is 165 Å². The van der Waals surface area contributed by atoms with Gasteiger partial charge in [0.2, 0.25) is 5.91 Å². The summed E-state index contributed by atoms with van der Waals surface area (Å²) in [4.78, 5) is 20.3. The lowest BCUT2D eigenvalue weighted by Crippen LogP contribution is -2.49. The van der Waals surface area contributed by atoms with Crippen molar-refractivity contribution in [3.8, 4) is 0 Å². The molecular formula is C20H24ClN3OS. The van der Waals surface area contributed by atoms with Crippen LogP contribution in [-0.4, -0.2) is 41.2 Å². The van der Waals surface area contributed by atoms with Crippen LogP contribution in [0, 0.1) is 0 Å². The molecule has 0 radical (unpaired) electrons. The first kappa shape index (κ1) is 19.2. The third-order valence-electron chi connectivity index (χ3n) is 5.07. The van der Waals surface area contributed by atoms with E-state index in [1.54, 1.807) is 18.0 Å². The number of benzene rings is 1. The number of nitrogens with one attached hydrogen (secondary N) is 1. The summed E-state index contributed by atoms with van der Waals surface area (Å²) in [5.74, 6) is 0.705. The molecule has 1 aliphatic heterocycles. The normalized spacial score (nSPS) is 18.9. The first-order valence-electron chi connectivity index (χ1n) is 8.96. The molecule has 0 bridgehead atoms. The number of thioether (sulfide) groups is 1. The monoisotopic (exact) mass is 389 g/mol. The van der Waals surface area contributed by atoms with Gasteiger partial charge in [-0.25, -0.2) is 0 Å². The molecule has 1 saturated heterocycles. The highest BCUT2D eigenvalue weighted by atomic mass is 35.5. The van der Waals surface area contributed by atoms with Crippen molar-refractivity contribution in [2.24, 2.45) is 0 Å². The number of hydrogen-bond acceptors (Lipinski definition) is 4. The molecule has 1 aliphatic carbocycles. The third kappa shape index (κ3) is 4.22. The molecule has 1 aromatic heterocycles. The predicted octanol–water partition coefficient (Wildman–Crippen LogP) is 3.26. The van der Waals surface area contributed by atoms with Crippen molar-refractivity contribution in [1.29, 1.82) is 0 Å². The van der Waals surface area contributed by atoms with Crippen molar-refractivity contribution in [3.05, 3.63) is 59.4 Å². The maximum atomic E-state index is 12.8. The number of rotatable bonds is 4. The second kappa shape index (κ2) is 8.89. The van der Waals surface area contributed by atoms with Gasteiger partial charge in [-0.3, -0.25) is 9.78 Å². The van der Waals surface area contributed by atoms with Crippen LogP contribution in [0.1, 0.15) is 29.2 Å². The van der Waals surface area contributed by atoms with Crippen LogP contribution in [0.25, 0.3) is 0 Å². The molecule has 6 heteroatoms. The largest absolute Gasteiger partial charge is 0.332 e. The van der Waals surface area contributed by atoms with Crippen molar-refractivity contribution in [1.82, 2.24) is 15.2 Å². The lowest BCUT2D eigenvalue weighted by molar-refractivity contribution is -0.131. The molecule has 2 heterocycles. The van der Waals surface area contributed by atoms with E-state index in [9.17, 15) is 4.79 Å². The molecule has 2 aliphatic rings. The van der Waals surface area contributed by atoms with Crippen molar-refractivity contribution < 1.29 is 4.79 Å². The fourth-order valence-electron chi connectivity index (χ4n) is 3.74. The van der Waals surface area contributed by atoms with Gasteiger partial charge >= 0.3 is 0 Å². The second-order valence-electron chi connectivity index (χ2n) is 6.67. The minimum Gasteiger partial charge on any atom is -0.332 e. The standard InChI is InChI=1S/C20H23N3OS.ClH/c24-20(14-25-18-7-6-15-3-1-4-16(15)11-18)23-10-9-22-13-19(23)17-5-2-8-21-12-17;/h2,5-8,11-12,19,22H,1,3-4,9-10,13-14H2;1H. The molecule has 26 heavy (non-hydrogen) atoms. The van der Waals surface area contributed by atoms with Crippen LogP contribution >= 0.6 is 24.2 Å². The predicted molar refractivity (Wildman–Crippen MR) is 108 cm³/mol. The quantitative estimate of drug-likeness (QED) is 0.815. The zero-order valence-electron chi connectivity index (χ0n) is 14.7. The van der Waals surface area contributed by atoms with E-state index in [0.29, 0.717) is 5.75 Å². The fourth-order valence-corrected chi connectivity index (χ4v) is 4.59. The zero-order chi connectivity index (χ0) is 17.1. The zero-order valence-corrected chi connectivity index (χ0v) is 16.3. The van der Waals surface area contributed by atoms with Gasteiger partial charge in [0.05, 0.1) is 11.8 Å². The Bertz CT molecular complexity index is 756. The first-order chi connectivity index (χ1) is 12.3. The van der Waals surface area contributed by atoms with Crippen LogP contribution in [0.3, 0.4) is 0 Å². The highest BCUT2D eigenvalue weighted by molar-refractivity contribution is 8.00. The van der Waals surface area contributed by atoms with E-state index in [1.165, 1.54) is 35.3 Å².